The van der Waals surface area contributed by atoms with Crippen LogP contribution >= 0.6 is 39.0 Å². The van der Waals surface area contributed by atoms with Crippen LogP contribution in [0.3, 0.4) is 0 Å². The molecule has 1 aromatic heterocycles. The van der Waals surface area contributed by atoms with Crippen molar-refractivity contribution < 1.29 is 9.59 Å². The van der Waals surface area contributed by atoms with Crippen LogP contribution in [0.4, 0.5) is 5.13 Å². The van der Waals surface area contributed by atoms with Crippen molar-refractivity contribution in [3.63, 3.8) is 0 Å². The van der Waals surface area contributed by atoms with E-state index in [-0.39, 0.29) is 11.7 Å². The number of benzene rings is 1. The highest BCUT2D eigenvalue weighted by Gasteiger charge is 2.10. The number of amides is 1. The molecule has 0 saturated carbocycles. The lowest BCUT2D eigenvalue weighted by molar-refractivity contribution is -0.113. The first kappa shape index (κ1) is 16.2. The van der Waals surface area contributed by atoms with Crippen LogP contribution < -0.4 is 5.32 Å². The van der Waals surface area contributed by atoms with Crippen LogP contribution in [-0.2, 0) is 4.79 Å². The fourth-order valence-corrected chi connectivity index (χ4v) is 3.62. The molecule has 4 nitrogen and oxygen atoms in total. The van der Waals surface area contributed by atoms with Crippen LogP contribution in [0, 0.1) is 6.92 Å². The van der Waals surface area contributed by atoms with E-state index in [0.717, 1.165) is 14.9 Å². The SMILES string of the molecule is CC(=O)c1csc(NC(=O)CSc2ccc(Br)cc2C)n1. The first-order valence-corrected chi connectivity index (χ1v) is 8.77. The van der Waals surface area contributed by atoms with Gasteiger partial charge in [-0.3, -0.25) is 9.59 Å². The average molecular weight is 385 g/mol. The number of nitrogens with zero attached hydrogens (tertiary/aromatic N) is 1. The molecule has 1 amide bonds. The summed E-state index contributed by atoms with van der Waals surface area (Å²) in [6, 6.07) is 5.95. The van der Waals surface area contributed by atoms with Gasteiger partial charge >= 0.3 is 0 Å². The van der Waals surface area contributed by atoms with Crippen LogP contribution in [0.5, 0.6) is 0 Å². The van der Waals surface area contributed by atoms with Crippen molar-refractivity contribution in [1.29, 1.82) is 0 Å². The lowest BCUT2D eigenvalue weighted by Gasteiger charge is -2.05. The van der Waals surface area contributed by atoms with Gasteiger partial charge in [-0.05, 0) is 30.7 Å². The summed E-state index contributed by atoms with van der Waals surface area (Å²) in [7, 11) is 0. The quantitative estimate of drug-likeness (QED) is 0.621. The average Bonchev–Trinajstić information content (AvgIpc) is 2.86. The molecular formula is C14H13BrN2O2S2. The number of carbonyl (C=O) groups is 2. The molecule has 2 rings (SSSR count). The first-order valence-electron chi connectivity index (χ1n) is 6.11. The monoisotopic (exact) mass is 384 g/mol. The minimum Gasteiger partial charge on any atom is -0.301 e. The molecule has 1 heterocycles. The molecular weight excluding hydrogens is 372 g/mol. The Morgan fingerprint density at radius 1 is 1.43 bits per heavy atom. The topological polar surface area (TPSA) is 59.1 Å². The number of aromatic nitrogens is 1. The van der Waals surface area contributed by atoms with Crippen LogP contribution in [0.25, 0.3) is 0 Å². The van der Waals surface area contributed by atoms with E-state index < -0.39 is 0 Å². The van der Waals surface area contributed by atoms with E-state index in [1.165, 1.54) is 30.0 Å². The molecule has 0 aliphatic carbocycles. The molecule has 0 bridgehead atoms. The number of thiazole rings is 1. The summed E-state index contributed by atoms with van der Waals surface area (Å²) in [5.41, 5.74) is 1.50. The van der Waals surface area contributed by atoms with E-state index in [0.29, 0.717) is 16.6 Å². The summed E-state index contributed by atoms with van der Waals surface area (Å²) in [5.74, 6) is 0.0654. The Kier molecular flexibility index (Phi) is 5.55. The Morgan fingerprint density at radius 2 is 2.19 bits per heavy atom. The minimum absolute atomic E-state index is 0.105. The summed E-state index contributed by atoms with van der Waals surface area (Å²) in [6.07, 6.45) is 0. The Labute approximate surface area is 139 Å². The number of ketones is 1. The Hall–Kier alpha value is -1.18. The number of hydrogen-bond acceptors (Lipinski definition) is 5. The van der Waals surface area contributed by atoms with E-state index in [1.807, 2.05) is 25.1 Å². The van der Waals surface area contributed by atoms with Crippen molar-refractivity contribution >= 4 is 55.9 Å². The Balaban J connectivity index is 1.91. The summed E-state index contributed by atoms with van der Waals surface area (Å²) in [6.45, 7) is 3.46. The molecule has 1 N–H and O–H groups in total. The number of carbonyl (C=O) groups excluding carboxylic acids is 2. The fraction of sp³-hybridized carbons (Fsp3) is 0.214. The molecule has 0 saturated heterocycles. The second-order valence-electron chi connectivity index (χ2n) is 4.34. The maximum atomic E-state index is 11.9. The van der Waals surface area contributed by atoms with Crippen molar-refractivity contribution in [2.45, 2.75) is 18.7 Å². The van der Waals surface area contributed by atoms with Gasteiger partial charge in [-0.1, -0.05) is 15.9 Å². The van der Waals surface area contributed by atoms with Crippen LogP contribution in [0.15, 0.2) is 32.9 Å². The standard InChI is InChI=1S/C14H13BrN2O2S2/c1-8-5-10(15)3-4-12(8)20-7-13(19)17-14-16-11(6-21-14)9(2)18/h3-6H,7H2,1-2H3,(H,16,17,19). The number of hydrogen-bond donors (Lipinski definition) is 1. The largest absolute Gasteiger partial charge is 0.301 e. The third-order valence-corrected chi connectivity index (χ3v) is 5.03. The first-order chi connectivity index (χ1) is 9.95. The zero-order valence-electron chi connectivity index (χ0n) is 11.5. The number of Topliss-reactive ketones (excluding diaryl/α,β-unsaturated/α-hetero) is 1. The number of halogens is 1. The molecule has 21 heavy (non-hydrogen) atoms. The van der Waals surface area contributed by atoms with E-state index in [4.69, 9.17) is 0 Å². The van der Waals surface area contributed by atoms with Gasteiger partial charge in [-0.25, -0.2) is 4.98 Å². The Morgan fingerprint density at radius 3 is 2.81 bits per heavy atom. The van der Waals surface area contributed by atoms with Gasteiger partial charge in [-0.2, -0.15) is 0 Å². The molecule has 0 atom stereocenters. The molecule has 0 fully saturated rings. The molecule has 7 heteroatoms. The normalized spacial score (nSPS) is 10.4. The van der Waals surface area contributed by atoms with Crippen LogP contribution in [-0.4, -0.2) is 22.4 Å². The lowest BCUT2D eigenvalue weighted by atomic mass is 10.2. The van der Waals surface area contributed by atoms with Crippen molar-refractivity contribution in [3.8, 4) is 0 Å². The highest BCUT2D eigenvalue weighted by molar-refractivity contribution is 9.10. The van der Waals surface area contributed by atoms with E-state index in [9.17, 15) is 9.59 Å². The lowest BCUT2D eigenvalue weighted by Crippen LogP contribution is -2.14. The van der Waals surface area contributed by atoms with Crippen LogP contribution in [0.2, 0.25) is 0 Å². The van der Waals surface area contributed by atoms with Gasteiger partial charge in [0.2, 0.25) is 5.91 Å². The van der Waals surface area contributed by atoms with Gasteiger partial charge in [0.25, 0.3) is 0 Å². The predicted octanol–water partition coefficient (Wildman–Crippen LogP) is 4.15. The van der Waals surface area contributed by atoms with Gasteiger partial charge in [0.1, 0.15) is 5.69 Å². The molecule has 0 aliphatic rings. The highest BCUT2D eigenvalue weighted by Crippen LogP contribution is 2.25. The smallest absolute Gasteiger partial charge is 0.236 e. The maximum absolute atomic E-state index is 11.9. The maximum Gasteiger partial charge on any atom is 0.236 e. The van der Waals surface area contributed by atoms with E-state index >= 15 is 0 Å². The number of anilines is 1. The number of thioether (sulfide) groups is 1. The molecule has 110 valence electrons. The van der Waals surface area contributed by atoms with Gasteiger partial charge in [-0.15, -0.1) is 23.1 Å². The highest BCUT2D eigenvalue weighted by atomic mass is 79.9. The summed E-state index contributed by atoms with van der Waals surface area (Å²) in [4.78, 5) is 28.1. The molecule has 0 unspecified atom stereocenters. The van der Waals surface area contributed by atoms with Gasteiger partial charge in [0, 0.05) is 21.7 Å². The third-order valence-electron chi connectivity index (χ3n) is 2.61. The minimum atomic E-state index is -0.133. The van der Waals surface area contributed by atoms with Gasteiger partial charge in [0.05, 0.1) is 5.75 Å². The van der Waals surface area contributed by atoms with Crippen molar-refractivity contribution in [1.82, 2.24) is 4.98 Å². The van der Waals surface area contributed by atoms with Crippen LogP contribution in [0.1, 0.15) is 23.0 Å². The molecule has 0 radical (unpaired) electrons. The van der Waals surface area contributed by atoms with Crippen molar-refractivity contribution in [3.05, 3.63) is 39.3 Å². The molecule has 0 aliphatic heterocycles. The fourth-order valence-electron chi connectivity index (χ4n) is 1.57. The van der Waals surface area contributed by atoms with Gasteiger partial charge < -0.3 is 5.32 Å². The van der Waals surface area contributed by atoms with E-state index in [2.05, 4.69) is 26.2 Å². The number of rotatable bonds is 5. The van der Waals surface area contributed by atoms with Crippen molar-refractivity contribution in [2.75, 3.05) is 11.1 Å². The second kappa shape index (κ2) is 7.20. The summed E-state index contributed by atoms with van der Waals surface area (Å²) < 4.78 is 1.02. The molecule has 1 aromatic carbocycles. The summed E-state index contributed by atoms with van der Waals surface area (Å²) in [5, 5.41) is 4.80. The third kappa shape index (κ3) is 4.66. The number of aryl methyl sites for hydroxylation is 1. The Bertz CT molecular complexity index is 685. The zero-order valence-corrected chi connectivity index (χ0v) is 14.7. The second-order valence-corrected chi connectivity index (χ2v) is 7.13. The predicted molar refractivity (Wildman–Crippen MR) is 90.4 cm³/mol. The summed E-state index contributed by atoms with van der Waals surface area (Å²) >= 11 is 6.14. The van der Waals surface area contributed by atoms with Gasteiger partial charge in [0.15, 0.2) is 10.9 Å². The number of nitrogens with one attached hydrogen (secondary N) is 1. The molecule has 2 aromatic rings. The zero-order chi connectivity index (χ0) is 15.4. The van der Waals surface area contributed by atoms with E-state index in [1.54, 1.807) is 5.38 Å². The molecule has 0 spiro atoms. The van der Waals surface area contributed by atoms with Crippen molar-refractivity contribution in [2.24, 2.45) is 0 Å².